The predicted molar refractivity (Wildman–Crippen MR) is 66.7 cm³/mol. The van der Waals surface area contributed by atoms with Crippen LogP contribution < -0.4 is 0 Å². The van der Waals surface area contributed by atoms with Crippen LogP contribution in [0.15, 0.2) is 11.6 Å². The molecule has 17 heavy (non-hydrogen) atoms. The summed E-state index contributed by atoms with van der Waals surface area (Å²) >= 11 is 0. The summed E-state index contributed by atoms with van der Waals surface area (Å²) in [6, 6.07) is 0. The van der Waals surface area contributed by atoms with E-state index in [4.69, 9.17) is 4.74 Å². The second-order valence-electron chi connectivity index (χ2n) is 5.40. The molecular weight excluding hydrogens is 216 g/mol. The van der Waals surface area contributed by atoms with E-state index >= 15 is 0 Å². The molecule has 0 spiro atoms. The van der Waals surface area contributed by atoms with E-state index in [1.165, 1.54) is 0 Å². The number of aliphatic hydroxyl groups is 2. The maximum atomic E-state index is 11.2. The Morgan fingerprint density at radius 1 is 1.41 bits per heavy atom. The van der Waals surface area contributed by atoms with Crippen molar-refractivity contribution in [3.63, 3.8) is 0 Å². The molecule has 3 atom stereocenters. The lowest BCUT2D eigenvalue weighted by atomic mass is 9.57. The van der Waals surface area contributed by atoms with E-state index in [1.54, 1.807) is 7.11 Å². The number of allylic oxidation sites excluding steroid dienone is 1. The molecule has 2 N–H and O–H groups in total. The quantitative estimate of drug-likeness (QED) is 0.726. The number of rotatable bonds is 2. The molecule has 2 aliphatic carbocycles. The van der Waals surface area contributed by atoms with Gasteiger partial charge in [-0.15, -0.1) is 0 Å². The maximum absolute atomic E-state index is 11.2. The molecule has 0 heterocycles. The summed E-state index contributed by atoms with van der Waals surface area (Å²) < 4.78 is 5.75. The highest BCUT2D eigenvalue weighted by Gasteiger charge is 2.60. The Morgan fingerprint density at radius 3 is 2.71 bits per heavy atom. The van der Waals surface area contributed by atoms with E-state index in [9.17, 15) is 10.2 Å². The van der Waals surface area contributed by atoms with Gasteiger partial charge in [-0.05, 0) is 51.0 Å². The molecule has 0 amide bonds. The topological polar surface area (TPSA) is 49.7 Å². The average molecular weight is 240 g/mol. The molecule has 0 unspecified atom stereocenters. The largest absolute Gasteiger partial charge is 0.396 e. The standard InChI is InChI=1S/C14H24O3/c1-3-11-6-4-8-13(17-2)9-5-7-12(10-15)14(11,13)16/h3,12,15-16H,4-10H2,1-2H3/b11-3+/t12-,13+,14+/m0/s1. The molecular formula is C14H24O3. The van der Waals surface area contributed by atoms with Gasteiger partial charge in [-0.1, -0.05) is 6.08 Å². The van der Waals surface area contributed by atoms with E-state index in [1.807, 2.05) is 13.0 Å². The summed E-state index contributed by atoms with van der Waals surface area (Å²) in [6.45, 7) is 2.01. The molecule has 2 aliphatic rings. The third kappa shape index (κ3) is 1.67. The van der Waals surface area contributed by atoms with Crippen molar-refractivity contribution < 1.29 is 14.9 Å². The van der Waals surface area contributed by atoms with Gasteiger partial charge in [0.15, 0.2) is 0 Å². The fraction of sp³-hybridized carbons (Fsp3) is 0.857. The Morgan fingerprint density at radius 2 is 2.12 bits per heavy atom. The number of hydrogen-bond acceptors (Lipinski definition) is 3. The van der Waals surface area contributed by atoms with E-state index in [0.29, 0.717) is 0 Å². The third-order valence-corrected chi connectivity index (χ3v) is 4.89. The lowest BCUT2D eigenvalue weighted by molar-refractivity contribution is -0.216. The molecule has 2 rings (SSSR count). The molecule has 0 bridgehead atoms. The Hall–Kier alpha value is -0.380. The van der Waals surface area contributed by atoms with Crippen molar-refractivity contribution in [2.24, 2.45) is 5.92 Å². The molecule has 0 aromatic heterocycles. The predicted octanol–water partition coefficient (Wildman–Crippen LogP) is 2.03. The first-order chi connectivity index (χ1) is 8.14. The Labute approximate surface area is 103 Å². The lowest BCUT2D eigenvalue weighted by Crippen LogP contribution is -2.65. The molecule has 0 saturated heterocycles. The first-order valence-electron chi connectivity index (χ1n) is 6.68. The zero-order valence-electron chi connectivity index (χ0n) is 10.9. The number of aliphatic hydroxyl groups excluding tert-OH is 1. The number of hydrogen-bond donors (Lipinski definition) is 2. The van der Waals surface area contributed by atoms with Crippen molar-refractivity contribution in [3.8, 4) is 0 Å². The van der Waals surface area contributed by atoms with Gasteiger partial charge < -0.3 is 14.9 Å². The van der Waals surface area contributed by atoms with E-state index < -0.39 is 11.2 Å². The van der Waals surface area contributed by atoms with E-state index in [0.717, 1.165) is 44.1 Å². The normalized spacial score (nSPS) is 44.7. The summed E-state index contributed by atoms with van der Waals surface area (Å²) in [7, 11) is 1.70. The lowest BCUT2D eigenvalue weighted by Gasteiger charge is -2.57. The van der Waals surface area contributed by atoms with Gasteiger partial charge in [0.05, 0.1) is 0 Å². The summed E-state index contributed by atoms with van der Waals surface area (Å²) in [5.41, 5.74) is -0.370. The molecule has 2 saturated carbocycles. The Balaban J connectivity index is 2.47. The molecule has 3 nitrogen and oxygen atoms in total. The van der Waals surface area contributed by atoms with Crippen molar-refractivity contribution >= 4 is 0 Å². The second-order valence-corrected chi connectivity index (χ2v) is 5.40. The molecule has 2 fully saturated rings. The molecule has 3 heteroatoms. The zero-order valence-corrected chi connectivity index (χ0v) is 10.9. The van der Waals surface area contributed by atoms with Crippen LogP contribution in [-0.2, 0) is 4.74 Å². The summed E-state index contributed by atoms with van der Waals surface area (Å²) in [4.78, 5) is 0. The highest BCUT2D eigenvalue weighted by atomic mass is 16.5. The van der Waals surface area contributed by atoms with Crippen LogP contribution in [0.4, 0.5) is 0 Å². The summed E-state index contributed by atoms with van der Waals surface area (Å²) in [5.74, 6) is -0.0808. The van der Waals surface area contributed by atoms with Gasteiger partial charge in [-0.25, -0.2) is 0 Å². The van der Waals surface area contributed by atoms with E-state index in [-0.39, 0.29) is 12.5 Å². The third-order valence-electron chi connectivity index (χ3n) is 4.89. The monoisotopic (exact) mass is 240 g/mol. The molecule has 0 aromatic rings. The summed E-state index contributed by atoms with van der Waals surface area (Å²) in [6.07, 6.45) is 7.71. The van der Waals surface area contributed by atoms with Crippen LogP contribution >= 0.6 is 0 Å². The second kappa shape index (κ2) is 4.71. The highest BCUT2D eigenvalue weighted by Crippen LogP contribution is 2.53. The number of ether oxygens (including phenoxy) is 1. The van der Waals surface area contributed by atoms with Crippen LogP contribution in [0.2, 0.25) is 0 Å². The fourth-order valence-corrected chi connectivity index (χ4v) is 3.98. The van der Waals surface area contributed by atoms with Crippen LogP contribution in [-0.4, -0.2) is 35.1 Å². The van der Waals surface area contributed by atoms with Gasteiger partial charge in [0.2, 0.25) is 0 Å². The minimum Gasteiger partial charge on any atom is -0.396 e. The smallest absolute Gasteiger partial charge is 0.119 e. The molecule has 0 aliphatic heterocycles. The SMILES string of the molecule is C/C=C1\CCC[C@@]2(OC)CCC[C@@H](CO)[C@]12O. The average Bonchev–Trinajstić information content (AvgIpc) is 2.36. The molecule has 0 aromatic carbocycles. The fourth-order valence-electron chi connectivity index (χ4n) is 3.98. The highest BCUT2D eigenvalue weighted by molar-refractivity contribution is 5.29. The van der Waals surface area contributed by atoms with Crippen molar-refractivity contribution in [2.45, 2.75) is 56.7 Å². The van der Waals surface area contributed by atoms with Crippen LogP contribution in [0.3, 0.4) is 0 Å². The van der Waals surface area contributed by atoms with Gasteiger partial charge in [0.1, 0.15) is 11.2 Å². The minimum atomic E-state index is -0.957. The van der Waals surface area contributed by atoms with Crippen molar-refractivity contribution in [2.75, 3.05) is 13.7 Å². The first kappa shape index (κ1) is 13.1. The van der Waals surface area contributed by atoms with Crippen LogP contribution in [0.1, 0.15) is 45.4 Å². The number of fused-ring (bicyclic) bond motifs is 1. The van der Waals surface area contributed by atoms with Gasteiger partial charge in [-0.3, -0.25) is 0 Å². The first-order valence-corrected chi connectivity index (χ1v) is 6.68. The molecule has 0 radical (unpaired) electrons. The van der Waals surface area contributed by atoms with Crippen LogP contribution in [0, 0.1) is 5.92 Å². The number of methoxy groups -OCH3 is 1. The van der Waals surface area contributed by atoms with Gasteiger partial charge in [-0.2, -0.15) is 0 Å². The van der Waals surface area contributed by atoms with Crippen molar-refractivity contribution in [1.29, 1.82) is 0 Å². The van der Waals surface area contributed by atoms with Gasteiger partial charge in [0.25, 0.3) is 0 Å². The van der Waals surface area contributed by atoms with E-state index in [2.05, 4.69) is 0 Å². The van der Waals surface area contributed by atoms with Gasteiger partial charge >= 0.3 is 0 Å². The maximum Gasteiger partial charge on any atom is 0.119 e. The van der Waals surface area contributed by atoms with Gasteiger partial charge in [0, 0.05) is 19.6 Å². The minimum absolute atomic E-state index is 0.0406. The van der Waals surface area contributed by atoms with Crippen LogP contribution in [0.25, 0.3) is 0 Å². The Kier molecular flexibility index (Phi) is 3.62. The van der Waals surface area contributed by atoms with Crippen molar-refractivity contribution in [3.05, 3.63) is 11.6 Å². The zero-order chi connectivity index (χ0) is 12.5. The van der Waals surface area contributed by atoms with Crippen molar-refractivity contribution in [1.82, 2.24) is 0 Å². The van der Waals surface area contributed by atoms with Crippen LogP contribution in [0.5, 0.6) is 0 Å². The summed E-state index contributed by atoms with van der Waals surface area (Å²) in [5, 5.41) is 20.8. The Bertz CT molecular complexity index is 309. The molecule has 98 valence electrons.